The number of nitrogens with zero attached hydrogens (tertiary/aromatic N) is 3. The summed E-state index contributed by atoms with van der Waals surface area (Å²) in [5, 5.41) is 5.08. The van der Waals surface area contributed by atoms with Gasteiger partial charge in [0.2, 0.25) is 0 Å². The third-order valence-corrected chi connectivity index (χ3v) is 6.60. The molecule has 0 aliphatic carbocycles. The minimum Gasteiger partial charge on any atom is -0.456 e. The van der Waals surface area contributed by atoms with Crippen molar-refractivity contribution in [1.29, 1.82) is 0 Å². The second kappa shape index (κ2) is 8.29. The Morgan fingerprint density at radius 1 is 0.472 bits per heavy atom. The molecule has 36 heavy (non-hydrogen) atoms. The molecule has 0 unspecified atom stereocenters. The molecule has 2 aromatic heterocycles. The Morgan fingerprint density at radius 2 is 1.11 bits per heavy atom. The molecule has 170 valence electrons. The lowest BCUT2D eigenvalue weighted by molar-refractivity contribution is 0.669. The van der Waals surface area contributed by atoms with Crippen LogP contribution in [0.5, 0.6) is 0 Å². The summed E-state index contributed by atoms with van der Waals surface area (Å²) in [6, 6.07) is 36.2. The number of hydrogen-bond donors (Lipinski definition) is 0. The predicted molar refractivity (Wildman–Crippen MR) is 146 cm³/mol. The molecular weight excluding hydrogens is 466 g/mol. The molecule has 7 rings (SSSR count). The lowest BCUT2D eigenvalue weighted by Gasteiger charge is -2.09. The summed E-state index contributed by atoms with van der Waals surface area (Å²) in [4.78, 5) is 14.6. The minimum atomic E-state index is 0.565. The van der Waals surface area contributed by atoms with E-state index in [1.54, 1.807) is 0 Å². The molecule has 0 N–H and O–H groups in total. The van der Waals surface area contributed by atoms with Crippen molar-refractivity contribution in [3.8, 4) is 34.2 Å². The molecule has 7 aromatic rings. The van der Waals surface area contributed by atoms with Crippen LogP contribution in [0.3, 0.4) is 0 Å². The van der Waals surface area contributed by atoms with Crippen molar-refractivity contribution >= 4 is 44.3 Å². The molecule has 0 radical (unpaired) electrons. The maximum atomic E-state index is 6.29. The molecule has 0 atom stereocenters. The largest absolute Gasteiger partial charge is 0.456 e. The van der Waals surface area contributed by atoms with E-state index in [9.17, 15) is 0 Å². The Hall–Kier alpha value is -4.54. The van der Waals surface area contributed by atoms with Gasteiger partial charge in [-0.2, -0.15) is 0 Å². The monoisotopic (exact) mass is 483 g/mol. The first-order chi connectivity index (χ1) is 17.7. The van der Waals surface area contributed by atoms with Crippen LogP contribution < -0.4 is 0 Å². The second-order valence-corrected chi connectivity index (χ2v) is 9.12. The Labute approximate surface area is 211 Å². The van der Waals surface area contributed by atoms with Crippen LogP contribution in [0.25, 0.3) is 66.9 Å². The minimum absolute atomic E-state index is 0.565. The number of benzene rings is 5. The van der Waals surface area contributed by atoms with Gasteiger partial charge in [0.15, 0.2) is 17.5 Å². The van der Waals surface area contributed by atoms with E-state index in [-0.39, 0.29) is 0 Å². The van der Waals surface area contributed by atoms with Crippen LogP contribution in [0.2, 0.25) is 5.02 Å². The van der Waals surface area contributed by atoms with Gasteiger partial charge in [-0.1, -0.05) is 84.4 Å². The smallest absolute Gasteiger partial charge is 0.164 e. The van der Waals surface area contributed by atoms with Crippen molar-refractivity contribution in [2.45, 2.75) is 0 Å². The molecule has 0 saturated heterocycles. The Kier molecular flexibility index (Phi) is 4.79. The van der Waals surface area contributed by atoms with Gasteiger partial charge in [0.25, 0.3) is 0 Å². The first-order valence-corrected chi connectivity index (χ1v) is 12.0. The molecule has 0 spiro atoms. The fraction of sp³-hybridized carbons (Fsp3) is 0. The molecule has 0 aliphatic rings. The van der Waals surface area contributed by atoms with Gasteiger partial charge in [-0.25, -0.2) is 15.0 Å². The van der Waals surface area contributed by atoms with Crippen LogP contribution in [0, 0.1) is 0 Å². The number of furan rings is 1. The van der Waals surface area contributed by atoms with E-state index in [4.69, 9.17) is 31.0 Å². The fourth-order valence-corrected chi connectivity index (χ4v) is 4.77. The summed E-state index contributed by atoms with van der Waals surface area (Å²) in [5.74, 6) is 1.74. The van der Waals surface area contributed by atoms with Gasteiger partial charge in [-0.15, -0.1) is 0 Å². The molecule has 0 bridgehead atoms. The third kappa shape index (κ3) is 3.60. The zero-order valence-corrected chi connectivity index (χ0v) is 19.8. The van der Waals surface area contributed by atoms with E-state index in [1.165, 1.54) is 5.39 Å². The zero-order valence-electron chi connectivity index (χ0n) is 19.0. The summed E-state index contributed by atoms with van der Waals surface area (Å²) < 4.78 is 6.12. The van der Waals surface area contributed by atoms with Crippen molar-refractivity contribution in [2.75, 3.05) is 0 Å². The molecule has 0 amide bonds. The van der Waals surface area contributed by atoms with Gasteiger partial charge in [-0.05, 0) is 47.2 Å². The topological polar surface area (TPSA) is 51.8 Å². The molecule has 5 aromatic carbocycles. The lowest BCUT2D eigenvalue weighted by atomic mass is 10.1. The molecule has 0 fully saturated rings. The number of para-hydroxylation sites is 1. The Morgan fingerprint density at radius 3 is 1.92 bits per heavy atom. The Bertz CT molecular complexity index is 1930. The number of fused-ring (bicyclic) bond motifs is 4. The average Bonchev–Trinajstić information content (AvgIpc) is 3.30. The van der Waals surface area contributed by atoms with E-state index in [1.807, 2.05) is 72.8 Å². The molecule has 2 heterocycles. The SMILES string of the molecule is Clc1cccc(-c2nc(-c3ccc4ccccc4c3)nc(-c3ccc4c(c3)oc3ccccc34)n2)c1. The molecule has 0 saturated carbocycles. The van der Waals surface area contributed by atoms with Crippen LogP contribution in [0.1, 0.15) is 0 Å². The molecular formula is C31H18ClN3O. The fourth-order valence-electron chi connectivity index (χ4n) is 4.58. The highest BCUT2D eigenvalue weighted by molar-refractivity contribution is 6.30. The maximum absolute atomic E-state index is 6.29. The van der Waals surface area contributed by atoms with Crippen LogP contribution in [0.4, 0.5) is 0 Å². The first-order valence-electron chi connectivity index (χ1n) is 11.6. The third-order valence-electron chi connectivity index (χ3n) is 6.36. The molecule has 4 nitrogen and oxygen atoms in total. The van der Waals surface area contributed by atoms with E-state index in [2.05, 4.69) is 36.4 Å². The van der Waals surface area contributed by atoms with Crippen LogP contribution in [-0.2, 0) is 0 Å². The van der Waals surface area contributed by atoms with Gasteiger partial charge >= 0.3 is 0 Å². The summed E-state index contributed by atoms with van der Waals surface area (Å²) in [6.07, 6.45) is 0. The summed E-state index contributed by atoms with van der Waals surface area (Å²) in [6.45, 7) is 0. The Balaban J connectivity index is 1.44. The zero-order chi connectivity index (χ0) is 24.1. The maximum Gasteiger partial charge on any atom is 0.164 e. The highest BCUT2D eigenvalue weighted by Gasteiger charge is 2.15. The predicted octanol–water partition coefficient (Wildman–Crippen LogP) is 8.58. The van der Waals surface area contributed by atoms with Gasteiger partial charge in [-0.3, -0.25) is 0 Å². The van der Waals surface area contributed by atoms with Crippen molar-refractivity contribution in [1.82, 2.24) is 15.0 Å². The van der Waals surface area contributed by atoms with Crippen molar-refractivity contribution < 1.29 is 4.42 Å². The van der Waals surface area contributed by atoms with E-state index in [0.717, 1.165) is 44.0 Å². The summed E-state index contributed by atoms with van der Waals surface area (Å²) in [5.41, 5.74) is 4.26. The van der Waals surface area contributed by atoms with Gasteiger partial charge in [0.05, 0.1) is 0 Å². The summed E-state index contributed by atoms with van der Waals surface area (Å²) >= 11 is 6.29. The number of rotatable bonds is 3. The van der Waals surface area contributed by atoms with Crippen LogP contribution in [0.15, 0.2) is 114 Å². The number of hydrogen-bond acceptors (Lipinski definition) is 4. The van der Waals surface area contributed by atoms with Gasteiger partial charge < -0.3 is 4.42 Å². The van der Waals surface area contributed by atoms with E-state index in [0.29, 0.717) is 22.5 Å². The highest BCUT2D eigenvalue weighted by Crippen LogP contribution is 2.33. The van der Waals surface area contributed by atoms with Crippen LogP contribution in [-0.4, -0.2) is 15.0 Å². The second-order valence-electron chi connectivity index (χ2n) is 8.69. The van der Waals surface area contributed by atoms with E-state index >= 15 is 0 Å². The average molecular weight is 484 g/mol. The first kappa shape index (κ1) is 20.8. The standard InChI is InChI=1S/C31H18ClN3O/c32-24-9-5-8-21(17-24)29-33-30(22-13-12-19-6-1-2-7-20(19)16-22)35-31(34-29)23-14-15-26-25-10-3-4-11-27(25)36-28(26)18-23/h1-18H. The van der Waals surface area contributed by atoms with Gasteiger partial charge in [0.1, 0.15) is 11.2 Å². The van der Waals surface area contributed by atoms with Crippen molar-refractivity contribution in [3.63, 3.8) is 0 Å². The lowest BCUT2D eigenvalue weighted by Crippen LogP contribution is -2.00. The normalized spacial score (nSPS) is 11.5. The van der Waals surface area contributed by atoms with E-state index < -0.39 is 0 Å². The van der Waals surface area contributed by atoms with Crippen molar-refractivity contribution in [3.05, 3.63) is 114 Å². The van der Waals surface area contributed by atoms with Crippen LogP contribution >= 0.6 is 11.6 Å². The van der Waals surface area contributed by atoms with Gasteiger partial charge in [0, 0.05) is 32.5 Å². The number of halogens is 1. The molecule has 0 aliphatic heterocycles. The highest BCUT2D eigenvalue weighted by atomic mass is 35.5. The quantitative estimate of drug-likeness (QED) is 0.252. The number of aromatic nitrogens is 3. The van der Waals surface area contributed by atoms with Crippen molar-refractivity contribution in [2.24, 2.45) is 0 Å². The summed E-state index contributed by atoms with van der Waals surface area (Å²) in [7, 11) is 0. The molecule has 5 heteroatoms.